The lowest BCUT2D eigenvalue weighted by Crippen LogP contribution is -1.95. The Labute approximate surface area is 97.9 Å². The number of hydrogen-bond acceptors (Lipinski definition) is 4. The molecule has 2 aromatic heterocycles. The van der Waals surface area contributed by atoms with Crippen molar-refractivity contribution in [2.24, 2.45) is 0 Å². The number of carbonyl (C=O) groups excluding carboxylic acids is 1. The van der Waals surface area contributed by atoms with E-state index in [0.717, 1.165) is 9.92 Å². The van der Waals surface area contributed by atoms with Gasteiger partial charge in [-0.1, -0.05) is 17.8 Å². The van der Waals surface area contributed by atoms with Crippen LogP contribution >= 0.6 is 11.8 Å². The first-order chi connectivity index (χ1) is 7.75. The summed E-state index contributed by atoms with van der Waals surface area (Å²) in [5, 5.41) is 0.917. The molecule has 0 unspecified atom stereocenters. The third kappa shape index (κ3) is 2.67. The molecule has 0 fully saturated rings. The molecule has 16 heavy (non-hydrogen) atoms. The zero-order chi connectivity index (χ0) is 11.4. The minimum atomic E-state index is -0.0191. The molecular weight excluding hydrogens is 220 g/mol. The zero-order valence-electron chi connectivity index (χ0n) is 8.75. The van der Waals surface area contributed by atoms with E-state index in [2.05, 4.69) is 9.97 Å². The molecule has 0 atom stereocenters. The Kier molecular flexibility index (Phi) is 3.31. The Bertz CT molecular complexity index is 482. The van der Waals surface area contributed by atoms with Crippen LogP contribution in [-0.2, 0) is 0 Å². The lowest BCUT2D eigenvalue weighted by Gasteiger charge is -2.00. The second kappa shape index (κ2) is 4.90. The van der Waals surface area contributed by atoms with Gasteiger partial charge < -0.3 is 0 Å². The number of rotatable bonds is 3. The van der Waals surface area contributed by atoms with Crippen molar-refractivity contribution in [1.29, 1.82) is 0 Å². The second-order valence-corrected chi connectivity index (χ2v) is 4.30. The molecule has 3 nitrogen and oxygen atoms in total. The standard InChI is InChI=1S/C12H10N2OS/c1-9(15)11-6-5-10(8-14-11)16-12-4-2-3-7-13-12/h2-8H,1H3. The Balaban J connectivity index is 2.14. The molecule has 0 saturated heterocycles. The molecule has 80 valence electrons. The fraction of sp³-hybridized carbons (Fsp3) is 0.0833. The van der Waals surface area contributed by atoms with Crippen molar-refractivity contribution >= 4 is 17.5 Å². The van der Waals surface area contributed by atoms with E-state index in [9.17, 15) is 4.79 Å². The van der Waals surface area contributed by atoms with Gasteiger partial charge in [-0.3, -0.25) is 9.78 Å². The molecule has 0 N–H and O–H groups in total. The molecule has 0 radical (unpaired) electrons. The Morgan fingerprint density at radius 3 is 2.62 bits per heavy atom. The molecular formula is C12H10N2OS. The maximum absolute atomic E-state index is 11.0. The largest absolute Gasteiger partial charge is 0.293 e. The number of hydrogen-bond donors (Lipinski definition) is 0. The molecule has 2 aromatic rings. The first kappa shape index (κ1) is 10.8. The fourth-order valence-corrected chi connectivity index (χ4v) is 1.92. The lowest BCUT2D eigenvalue weighted by atomic mass is 10.3. The Morgan fingerprint density at radius 2 is 2.06 bits per heavy atom. The molecule has 4 heteroatoms. The molecule has 0 aliphatic rings. The van der Waals surface area contributed by atoms with Crippen LogP contribution in [0.25, 0.3) is 0 Å². The number of ketones is 1. The monoisotopic (exact) mass is 230 g/mol. The summed E-state index contributed by atoms with van der Waals surface area (Å²) in [7, 11) is 0. The summed E-state index contributed by atoms with van der Waals surface area (Å²) in [6.07, 6.45) is 3.44. The minimum Gasteiger partial charge on any atom is -0.293 e. The van der Waals surface area contributed by atoms with Crippen LogP contribution in [0.2, 0.25) is 0 Å². The predicted octanol–water partition coefficient (Wildman–Crippen LogP) is 2.83. The van der Waals surface area contributed by atoms with E-state index in [0.29, 0.717) is 5.69 Å². The highest BCUT2D eigenvalue weighted by Crippen LogP contribution is 2.24. The third-order valence-electron chi connectivity index (χ3n) is 1.96. The number of aromatic nitrogens is 2. The second-order valence-electron chi connectivity index (χ2n) is 3.21. The molecule has 0 aromatic carbocycles. The first-order valence-electron chi connectivity index (χ1n) is 4.81. The van der Waals surface area contributed by atoms with Crippen LogP contribution in [0.3, 0.4) is 0 Å². The quantitative estimate of drug-likeness (QED) is 0.760. The third-order valence-corrected chi connectivity index (χ3v) is 2.89. The molecule has 2 rings (SSSR count). The van der Waals surface area contributed by atoms with Crippen molar-refractivity contribution in [2.45, 2.75) is 16.8 Å². The molecule has 0 saturated carbocycles. The van der Waals surface area contributed by atoms with Gasteiger partial charge in [-0.15, -0.1) is 0 Å². The van der Waals surface area contributed by atoms with Crippen LogP contribution in [-0.4, -0.2) is 15.8 Å². The fourth-order valence-electron chi connectivity index (χ4n) is 1.18. The number of pyridine rings is 2. The first-order valence-corrected chi connectivity index (χ1v) is 5.63. The van der Waals surface area contributed by atoms with Crippen molar-refractivity contribution in [3.63, 3.8) is 0 Å². The average Bonchev–Trinajstić information content (AvgIpc) is 2.31. The highest BCUT2D eigenvalue weighted by atomic mass is 32.2. The molecule has 0 amide bonds. The van der Waals surface area contributed by atoms with E-state index >= 15 is 0 Å². The van der Waals surface area contributed by atoms with Crippen molar-refractivity contribution in [1.82, 2.24) is 9.97 Å². The van der Waals surface area contributed by atoms with Gasteiger partial charge in [0.25, 0.3) is 0 Å². The van der Waals surface area contributed by atoms with Crippen LogP contribution in [0.15, 0.2) is 52.6 Å². The van der Waals surface area contributed by atoms with Crippen molar-refractivity contribution in [2.75, 3.05) is 0 Å². The number of Topliss-reactive ketones (excluding diaryl/α,β-unsaturated/α-hetero) is 1. The summed E-state index contributed by atoms with van der Waals surface area (Å²) in [6.45, 7) is 1.51. The van der Waals surface area contributed by atoms with Crippen LogP contribution in [0.1, 0.15) is 17.4 Å². The van der Waals surface area contributed by atoms with Crippen molar-refractivity contribution in [3.05, 3.63) is 48.4 Å². The van der Waals surface area contributed by atoms with E-state index in [4.69, 9.17) is 0 Å². The highest BCUT2D eigenvalue weighted by Gasteiger charge is 2.02. The number of carbonyl (C=O) groups is 1. The van der Waals surface area contributed by atoms with Gasteiger partial charge in [-0.2, -0.15) is 0 Å². The van der Waals surface area contributed by atoms with Gasteiger partial charge in [0.2, 0.25) is 0 Å². The average molecular weight is 230 g/mol. The summed E-state index contributed by atoms with van der Waals surface area (Å²) in [4.78, 5) is 20.3. The van der Waals surface area contributed by atoms with Crippen molar-refractivity contribution < 1.29 is 4.79 Å². The number of nitrogens with zero attached hydrogens (tertiary/aromatic N) is 2. The van der Waals surface area contributed by atoms with E-state index < -0.39 is 0 Å². The topological polar surface area (TPSA) is 42.9 Å². The van der Waals surface area contributed by atoms with Crippen molar-refractivity contribution in [3.8, 4) is 0 Å². The lowest BCUT2D eigenvalue weighted by molar-refractivity contribution is 0.101. The zero-order valence-corrected chi connectivity index (χ0v) is 9.57. The van der Waals surface area contributed by atoms with E-state index in [1.54, 1.807) is 18.5 Å². The maximum Gasteiger partial charge on any atom is 0.178 e. The van der Waals surface area contributed by atoms with E-state index in [1.165, 1.54) is 18.7 Å². The molecule has 0 bridgehead atoms. The summed E-state index contributed by atoms with van der Waals surface area (Å²) in [6, 6.07) is 9.36. The van der Waals surface area contributed by atoms with Gasteiger partial charge in [-0.25, -0.2) is 4.98 Å². The highest BCUT2D eigenvalue weighted by molar-refractivity contribution is 7.99. The SMILES string of the molecule is CC(=O)c1ccc(Sc2ccccn2)cn1. The summed E-state index contributed by atoms with van der Waals surface area (Å²) in [5.74, 6) is -0.0191. The maximum atomic E-state index is 11.0. The minimum absolute atomic E-state index is 0.0191. The Hall–Kier alpha value is -1.68. The molecule has 0 spiro atoms. The van der Waals surface area contributed by atoms with E-state index in [1.807, 2.05) is 24.3 Å². The van der Waals surface area contributed by atoms with Gasteiger partial charge in [0, 0.05) is 24.2 Å². The van der Waals surface area contributed by atoms with Crippen LogP contribution in [0.5, 0.6) is 0 Å². The smallest absolute Gasteiger partial charge is 0.178 e. The molecule has 0 aliphatic heterocycles. The van der Waals surface area contributed by atoms with Crippen LogP contribution in [0.4, 0.5) is 0 Å². The van der Waals surface area contributed by atoms with Gasteiger partial charge in [0.15, 0.2) is 5.78 Å². The van der Waals surface area contributed by atoms with Crippen LogP contribution in [0, 0.1) is 0 Å². The molecule has 2 heterocycles. The summed E-state index contributed by atoms with van der Waals surface area (Å²) in [5.41, 5.74) is 0.491. The summed E-state index contributed by atoms with van der Waals surface area (Å²) < 4.78 is 0. The van der Waals surface area contributed by atoms with Gasteiger partial charge in [0.05, 0.1) is 0 Å². The van der Waals surface area contributed by atoms with Gasteiger partial charge >= 0.3 is 0 Å². The summed E-state index contributed by atoms with van der Waals surface area (Å²) >= 11 is 1.52. The predicted molar refractivity (Wildman–Crippen MR) is 62.6 cm³/mol. The van der Waals surface area contributed by atoms with Crippen LogP contribution < -0.4 is 0 Å². The molecule has 0 aliphatic carbocycles. The Morgan fingerprint density at radius 1 is 1.19 bits per heavy atom. The van der Waals surface area contributed by atoms with Gasteiger partial charge in [-0.05, 0) is 24.3 Å². The van der Waals surface area contributed by atoms with Gasteiger partial charge in [0.1, 0.15) is 10.7 Å². The van der Waals surface area contributed by atoms with E-state index in [-0.39, 0.29) is 5.78 Å². The normalized spacial score (nSPS) is 10.1.